The maximum absolute atomic E-state index is 12.1. The van der Waals surface area contributed by atoms with Crippen molar-refractivity contribution in [3.05, 3.63) is 48.0 Å². The Morgan fingerprint density at radius 1 is 0.958 bits per heavy atom. The van der Waals surface area contributed by atoms with Crippen LogP contribution in [-0.4, -0.2) is 36.0 Å². The Morgan fingerprint density at radius 2 is 1.54 bits per heavy atom. The molecule has 2 rings (SSSR count). The molecule has 0 spiro atoms. The van der Waals surface area contributed by atoms with Crippen molar-refractivity contribution in [2.75, 3.05) is 21.3 Å². The molecular weight excluding hydrogens is 332 g/mol. The van der Waals surface area contributed by atoms with Gasteiger partial charge in [-0.3, -0.25) is 0 Å². The summed E-state index contributed by atoms with van der Waals surface area (Å²) in [7, 11) is 0.759. The van der Waals surface area contributed by atoms with E-state index < -0.39 is 10.0 Å². The quantitative estimate of drug-likeness (QED) is 0.610. The second kappa shape index (κ2) is 7.69. The first-order valence-corrected chi connectivity index (χ1v) is 8.40. The van der Waals surface area contributed by atoms with Crippen LogP contribution in [-0.2, 0) is 10.0 Å². The molecule has 0 unspecified atom stereocenters. The van der Waals surface area contributed by atoms with Crippen molar-refractivity contribution in [1.29, 1.82) is 0 Å². The van der Waals surface area contributed by atoms with Gasteiger partial charge in [0.25, 0.3) is 10.0 Å². The minimum Gasteiger partial charge on any atom is -0.496 e. The summed E-state index contributed by atoms with van der Waals surface area (Å²) in [5.41, 5.74) is 0.483. The van der Waals surface area contributed by atoms with Gasteiger partial charge in [0.15, 0.2) is 0 Å². The largest absolute Gasteiger partial charge is 0.496 e. The SMILES string of the molecule is COc1cc(OC)c(/C=N\NS(=O)(=O)c2ccccc2)c(OC)c1. The Bertz CT molecular complexity index is 795. The predicted octanol–water partition coefficient (Wildman–Crippen LogP) is 2.02. The second-order valence-corrected chi connectivity index (χ2v) is 6.27. The van der Waals surface area contributed by atoms with Crippen LogP contribution in [0.1, 0.15) is 5.56 Å². The number of nitrogens with one attached hydrogen (secondary N) is 1. The topological polar surface area (TPSA) is 86.2 Å². The van der Waals surface area contributed by atoms with Gasteiger partial charge in [0.2, 0.25) is 0 Å². The van der Waals surface area contributed by atoms with E-state index in [1.807, 2.05) is 0 Å². The second-order valence-electron chi connectivity index (χ2n) is 4.61. The molecule has 0 fully saturated rings. The zero-order chi connectivity index (χ0) is 17.6. The fourth-order valence-corrected chi connectivity index (χ4v) is 2.78. The number of benzene rings is 2. The van der Waals surface area contributed by atoms with Gasteiger partial charge < -0.3 is 14.2 Å². The standard InChI is InChI=1S/C16H18N2O5S/c1-21-12-9-15(22-2)14(16(10-12)23-3)11-17-18-24(19,20)13-7-5-4-6-8-13/h4-11,18H,1-3H3/b17-11-. The lowest BCUT2D eigenvalue weighted by Gasteiger charge is -2.12. The van der Waals surface area contributed by atoms with E-state index in [1.54, 1.807) is 30.3 Å². The molecule has 0 aromatic heterocycles. The summed E-state index contributed by atoms with van der Waals surface area (Å²) in [6.07, 6.45) is 1.32. The van der Waals surface area contributed by atoms with Gasteiger partial charge in [-0.1, -0.05) is 18.2 Å². The van der Waals surface area contributed by atoms with E-state index in [-0.39, 0.29) is 4.90 Å². The molecule has 0 atom stereocenters. The van der Waals surface area contributed by atoms with Gasteiger partial charge in [-0.15, -0.1) is 0 Å². The van der Waals surface area contributed by atoms with E-state index in [0.29, 0.717) is 22.8 Å². The van der Waals surface area contributed by atoms with Gasteiger partial charge >= 0.3 is 0 Å². The van der Waals surface area contributed by atoms with E-state index in [2.05, 4.69) is 9.93 Å². The number of sulfonamides is 1. The highest BCUT2D eigenvalue weighted by Gasteiger charge is 2.14. The molecule has 0 saturated carbocycles. The minimum absolute atomic E-state index is 0.121. The van der Waals surface area contributed by atoms with Crippen molar-refractivity contribution in [3.63, 3.8) is 0 Å². The summed E-state index contributed by atoms with van der Waals surface area (Å²) in [4.78, 5) is 2.28. The van der Waals surface area contributed by atoms with Crippen molar-refractivity contribution < 1.29 is 22.6 Å². The third-order valence-electron chi connectivity index (χ3n) is 3.17. The molecule has 1 N–H and O–H groups in total. The molecule has 0 heterocycles. The molecule has 0 radical (unpaired) electrons. The van der Waals surface area contributed by atoms with Crippen LogP contribution < -0.4 is 19.0 Å². The Morgan fingerprint density at radius 3 is 2.04 bits per heavy atom. The Balaban J connectivity index is 2.29. The van der Waals surface area contributed by atoms with Gasteiger partial charge in [0, 0.05) is 12.1 Å². The van der Waals surface area contributed by atoms with Crippen LogP contribution in [0.15, 0.2) is 52.5 Å². The Kier molecular flexibility index (Phi) is 5.64. The van der Waals surface area contributed by atoms with Crippen LogP contribution in [0.5, 0.6) is 17.2 Å². The van der Waals surface area contributed by atoms with Crippen molar-refractivity contribution in [2.24, 2.45) is 5.10 Å². The molecule has 0 aliphatic rings. The summed E-state index contributed by atoms with van der Waals surface area (Å²) in [5, 5.41) is 3.80. The van der Waals surface area contributed by atoms with Gasteiger partial charge in [-0.2, -0.15) is 13.5 Å². The number of hydrogen-bond acceptors (Lipinski definition) is 6. The molecule has 0 bridgehead atoms. The van der Waals surface area contributed by atoms with Crippen molar-refractivity contribution in [3.8, 4) is 17.2 Å². The summed E-state index contributed by atoms with van der Waals surface area (Å²) >= 11 is 0. The molecule has 0 saturated heterocycles. The third kappa shape index (κ3) is 3.96. The highest BCUT2D eigenvalue weighted by atomic mass is 32.2. The lowest BCUT2D eigenvalue weighted by Crippen LogP contribution is -2.18. The van der Waals surface area contributed by atoms with Crippen molar-refractivity contribution in [1.82, 2.24) is 4.83 Å². The van der Waals surface area contributed by atoms with Gasteiger partial charge in [0.05, 0.1) is 38.0 Å². The van der Waals surface area contributed by atoms with Crippen molar-refractivity contribution >= 4 is 16.2 Å². The number of nitrogens with zero attached hydrogens (tertiary/aromatic N) is 1. The maximum Gasteiger partial charge on any atom is 0.276 e. The lowest BCUT2D eigenvalue weighted by atomic mass is 10.2. The molecule has 8 heteroatoms. The fourth-order valence-electron chi connectivity index (χ4n) is 1.97. The summed E-state index contributed by atoms with van der Waals surface area (Å²) < 4.78 is 39.9. The first-order chi connectivity index (χ1) is 11.5. The molecule has 0 aliphatic heterocycles. The monoisotopic (exact) mass is 350 g/mol. The van der Waals surface area contributed by atoms with Crippen LogP contribution in [0.3, 0.4) is 0 Å². The molecule has 128 valence electrons. The zero-order valence-electron chi connectivity index (χ0n) is 13.5. The van der Waals surface area contributed by atoms with E-state index in [9.17, 15) is 8.42 Å². The van der Waals surface area contributed by atoms with E-state index >= 15 is 0 Å². The van der Waals surface area contributed by atoms with Crippen LogP contribution >= 0.6 is 0 Å². The smallest absolute Gasteiger partial charge is 0.276 e. The number of methoxy groups -OCH3 is 3. The van der Waals surface area contributed by atoms with Gasteiger partial charge in [-0.05, 0) is 12.1 Å². The molecule has 0 amide bonds. The number of hydrazone groups is 1. The molecule has 2 aromatic carbocycles. The molecule has 0 aliphatic carbocycles. The van der Waals surface area contributed by atoms with E-state index in [1.165, 1.54) is 39.7 Å². The number of ether oxygens (including phenoxy) is 3. The van der Waals surface area contributed by atoms with Crippen LogP contribution in [0, 0.1) is 0 Å². The van der Waals surface area contributed by atoms with Gasteiger partial charge in [-0.25, -0.2) is 4.83 Å². The summed E-state index contributed by atoms with van der Waals surface area (Å²) in [5.74, 6) is 1.42. The van der Waals surface area contributed by atoms with Gasteiger partial charge in [0.1, 0.15) is 17.2 Å². The highest BCUT2D eigenvalue weighted by Crippen LogP contribution is 2.32. The first-order valence-electron chi connectivity index (χ1n) is 6.91. The zero-order valence-corrected chi connectivity index (χ0v) is 14.3. The molecular formula is C16H18N2O5S. The van der Waals surface area contributed by atoms with E-state index in [0.717, 1.165) is 0 Å². The van der Waals surface area contributed by atoms with Crippen LogP contribution in [0.4, 0.5) is 0 Å². The summed E-state index contributed by atoms with van der Waals surface area (Å²) in [6.45, 7) is 0. The van der Waals surface area contributed by atoms with Crippen LogP contribution in [0.25, 0.3) is 0 Å². The Hall–Kier alpha value is -2.74. The first kappa shape index (κ1) is 17.6. The predicted molar refractivity (Wildman–Crippen MR) is 90.5 cm³/mol. The van der Waals surface area contributed by atoms with E-state index in [4.69, 9.17) is 14.2 Å². The Labute approximate surface area is 140 Å². The molecule has 2 aromatic rings. The average molecular weight is 350 g/mol. The number of rotatable bonds is 7. The maximum atomic E-state index is 12.1. The average Bonchev–Trinajstić information content (AvgIpc) is 2.62. The third-order valence-corrected chi connectivity index (χ3v) is 4.41. The molecule has 24 heavy (non-hydrogen) atoms. The normalized spacial score (nSPS) is 11.3. The number of hydrogen-bond donors (Lipinski definition) is 1. The van der Waals surface area contributed by atoms with Crippen molar-refractivity contribution in [2.45, 2.75) is 4.90 Å². The minimum atomic E-state index is -3.74. The molecule has 7 nitrogen and oxygen atoms in total. The van der Waals surface area contributed by atoms with Crippen LogP contribution in [0.2, 0.25) is 0 Å². The fraction of sp³-hybridized carbons (Fsp3) is 0.188. The lowest BCUT2D eigenvalue weighted by molar-refractivity contribution is 0.374. The highest BCUT2D eigenvalue weighted by molar-refractivity contribution is 7.89. The summed E-state index contributed by atoms with van der Waals surface area (Å²) in [6, 6.07) is 11.3.